The lowest BCUT2D eigenvalue weighted by Gasteiger charge is -2.08. The summed E-state index contributed by atoms with van der Waals surface area (Å²) < 4.78 is 5.12. The van der Waals surface area contributed by atoms with Gasteiger partial charge in [-0.2, -0.15) is 0 Å². The van der Waals surface area contributed by atoms with E-state index >= 15 is 0 Å². The molecule has 0 aliphatic heterocycles. The Morgan fingerprint density at radius 2 is 2.12 bits per heavy atom. The van der Waals surface area contributed by atoms with Crippen LogP contribution >= 0.6 is 11.6 Å². The lowest BCUT2D eigenvalue weighted by Crippen LogP contribution is -2.15. The van der Waals surface area contributed by atoms with Gasteiger partial charge in [0.1, 0.15) is 5.75 Å². The van der Waals surface area contributed by atoms with Gasteiger partial charge in [0.05, 0.1) is 12.1 Å². The first-order valence-electron chi connectivity index (χ1n) is 6.16. The van der Waals surface area contributed by atoms with E-state index in [1.807, 2.05) is 18.2 Å². The number of nitrogens with one attached hydrogen (secondary N) is 1. The van der Waals surface area contributed by atoms with Crippen LogP contribution in [0.3, 0.4) is 0 Å². The minimum absolute atomic E-state index is 0.675. The van der Waals surface area contributed by atoms with E-state index in [0.717, 1.165) is 24.8 Å². The van der Waals surface area contributed by atoms with E-state index in [0.29, 0.717) is 5.02 Å². The zero-order chi connectivity index (χ0) is 12.7. The molecule has 0 aromatic heterocycles. The molecule has 0 aliphatic carbocycles. The molecule has 96 valence electrons. The van der Waals surface area contributed by atoms with Gasteiger partial charge in [-0.15, -0.1) is 0 Å². The van der Waals surface area contributed by atoms with Crippen molar-refractivity contribution in [3.8, 4) is 5.75 Å². The van der Waals surface area contributed by atoms with Crippen molar-refractivity contribution in [2.24, 2.45) is 5.92 Å². The predicted octanol–water partition coefficient (Wildman–Crippen LogP) is 3.87. The summed E-state index contributed by atoms with van der Waals surface area (Å²) in [7, 11) is 1.63. The van der Waals surface area contributed by atoms with Crippen LogP contribution in [0.2, 0.25) is 5.02 Å². The van der Waals surface area contributed by atoms with Crippen LogP contribution in [0.1, 0.15) is 32.3 Å². The Labute approximate surface area is 109 Å². The highest BCUT2D eigenvalue weighted by atomic mass is 35.5. The summed E-state index contributed by atoms with van der Waals surface area (Å²) in [4.78, 5) is 0. The van der Waals surface area contributed by atoms with E-state index in [2.05, 4.69) is 19.2 Å². The topological polar surface area (TPSA) is 21.3 Å². The van der Waals surface area contributed by atoms with Crippen LogP contribution in [0.4, 0.5) is 0 Å². The third kappa shape index (κ3) is 5.42. The van der Waals surface area contributed by atoms with Gasteiger partial charge in [0, 0.05) is 6.54 Å². The van der Waals surface area contributed by atoms with Crippen LogP contribution in [-0.4, -0.2) is 13.7 Å². The van der Waals surface area contributed by atoms with Crippen LogP contribution in [-0.2, 0) is 6.54 Å². The molecule has 0 unspecified atom stereocenters. The first-order chi connectivity index (χ1) is 8.13. The monoisotopic (exact) mass is 255 g/mol. The fourth-order valence-corrected chi connectivity index (χ4v) is 1.97. The van der Waals surface area contributed by atoms with Gasteiger partial charge in [0.25, 0.3) is 0 Å². The third-order valence-electron chi connectivity index (χ3n) is 2.68. The molecule has 1 rings (SSSR count). The van der Waals surface area contributed by atoms with Crippen molar-refractivity contribution in [3.63, 3.8) is 0 Å². The second-order valence-electron chi connectivity index (χ2n) is 4.68. The van der Waals surface area contributed by atoms with Crippen molar-refractivity contribution in [2.45, 2.75) is 33.2 Å². The fourth-order valence-electron chi connectivity index (χ4n) is 1.69. The Kier molecular flexibility index (Phi) is 6.38. The fraction of sp³-hybridized carbons (Fsp3) is 0.571. The standard InChI is InChI=1S/C14H22ClNO/c1-11(2)5-4-8-16-10-12-6-7-14(17-3)13(15)9-12/h6-7,9,11,16H,4-5,8,10H2,1-3H3. The zero-order valence-electron chi connectivity index (χ0n) is 10.9. The quantitative estimate of drug-likeness (QED) is 0.747. The van der Waals surface area contributed by atoms with E-state index < -0.39 is 0 Å². The van der Waals surface area contributed by atoms with Crippen molar-refractivity contribution >= 4 is 11.6 Å². The van der Waals surface area contributed by atoms with Crippen molar-refractivity contribution < 1.29 is 4.74 Å². The molecule has 1 aromatic rings. The van der Waals surface area contributed by atoms with Gasteiger partial charge < -0.3 is 10.1 Å². The third-order valence-corrected chi connectivity index (χ3v) is 2.98. The molecule has 0 bridgehead atoms. The van der Waals surface area contributed by atoms with Crippen molar-refractivity contribution in [3.05, 3.63) is 28.8 Å². The molecule has 0 spiro atoms. The number of rotatable bonds is 7. The largest absolute Gasteiger partial charge is 0.495 e. The molecule has 0 saturated heterocycles. The zero-order valence-corrected chi connectivity index (χ0v) is 11.7. The van der Waals surface area contributed by atoms with Gasteiger partial charge in [-0.05, 0) is 43.0 Å². The summed E-state index contributed by atoms with van der Waals surface area (Å²) in [6.07, 6.45) is 2.50. The number of ether oxygens (including phenoxy) is 1. The van der Waals surface area contributed by atoms with Crippen molar-refractivity contribution in [1.29, 1.82) is 0 Å². The number of methoxy groups -OCH3 is 1. The lowest BCUT2D eigenvalue weighted by molar-refractivity contribution is 0.415. The van der Waals surface area contributed by atoms with Crippen LogP contribution in [0, 0.1) is 5.92 Å². The summed E-state index contributed by atoms with van der Waals surface area (Å²) in [6, 6.07) is 5.91. The van der Waals surface area contributed by atoms with Gasteiger partial charge in [-0.3, -0.25) is 0 Å². The van der Waals surface area contributed by atoms with Crippen LogP contribution < -0.4 is 10.1 Å². The van der Waals surface area contributed by atoms with E-state index in [1.54, 1.807) is 7.11 Å². The maximum atomic E-state index is 6.06. The Morgan fingerprint density at radius 3 is 2.71 bits per heavy atom. The molecule has 3 heteroatoms. The SMILES string of the molecule is COc1ccc(CNCCCC(C)C)cc1Cl. The lowest BCUT2D eigenvalue weighted by atomic mass is 10.1. The average molecular weight is 256 g/mol. The van der Waals surface area contributed by atoms with Crippen molar-refractivity contribution in [2.75, 3.05) is 13.7 Å². The van der Waals surface area contributed by atoms with E-state index in [-0.39, 0.29) is 0 Å². The molecule has 1 N–H and O–H groups in total. The van der Waals surface area contributed by atoms with Gasteiger partial charge in [0.15, 0.2) is 0 Å². The minimum Gasteiger partial charge on any atom is -0.495 e. The Balaban J connectivity index is 2.30. The highest BCUT2D eigenvalue weighted by Crippen LogP contribution is 2.24. The molecular formula is C14H22ClNO. The molecular weight excluding hydrogens is 234 g/mol. The summed E-state index contributed by atoms with van der Waals surface area (Å²) in [5, 5.41) is 4.10. The molecule has 1 aromatic carbocycles. The van der Waals surface area contributed by atoms with Crippen molar-refractivity contribution in [1.82, 2.24) is 5.32 Å². The summed E-state index contributed by atoms with van der Waals surface area (Å²) in [6.45, 7) is 6.43. The second-order valence-corrected chi connectivity index (χ2v) is 5.09. The normalized spacial score (nSPS) is 10.9. The Morgan fingerprint density at radius 1 is 1.35 bits per heavy atom. The summed E-state index contributed by atoms with van der Waals surface area (Å²) in [5.41, 5.74) is 1.19. The van der Waals surface area contributed by atoms with Gasteiger partial charge >= 0.3 is 0 Å². The Bertz CT molecular complexity index is 339. The highest BCUT2D eigenvalue weighted by Gasteiger charge is 2.01. The molecule has 0 aliphatic rings. The minimum atomic E-state index is 0.675. The van der Waals surface area contributed by atoms with Gasteiger partial charge in [-0.1, -0.05) is 31.5 Å². The van der Waals surface area contributed by atoms with Gasteiger partial charge in [0.2, 0.25) is 0 Å². The van der Waals surface area contributed by atoms with Gasteiger partial charge in [-0.25, -0.2) is 0 Å². The molecule has 0 atom stereocenters. The molecule has 0 radical (unpaired) electrons. The maximum Gasteiger partial charge on any atom is 0.137 e. The predicted molar refractivity (Wildman–Crippen MR) is 73.8 cm³/mol. The molecule has 0 heterocycles. The van der Waals surface area contributed by atoms with E-state index in [9.17, 15) is 0 Å². The van der Waals surface area contributed by atoms with E-state index in [1.165, 1.54) is 18.4 Å². The molecule has 17 heavy (non-hydrogen) atoms. The summed E-state index contributed by atoms with van der Waals surface area (Å²) >= 11 is 6.06. The smallest absolute Gasteiger partial charge is 0.137 e. The first kappa shape index (κ1) is 14.3. The number of hydrogen-bond donors (Lipinski definition) is 1. The number of benzene rings is 1. The van der Waals surface area contributed by atoms with Crippen LogP contribution in [0.25, 0.3) is 0 Å². The molecule has 0 fully saturated rings. The molecule has 0 saturated carbocycles. The number of hydrogen-bond acceptors (Lipinski definition) is 2. The van der Waals surface area contributed by atoms with Crippen LogP contribution in [0.5, 0.6) is 5.75 Å². The molecule has 0 amide bonds. The first-order valence-corrected chi connectivity index (χ1v) is 6.54. The number of halogens is 1. The molecule has 2 nitrogen and oxygen atoms in total. The second kappa shape index (κ2) is 7.57. The Hall–Kier alpha value is -0.730. The van der Waals surface area contributed by atoms with Crippen LogP contribution in [0.15, 0.2) is 18.2 Å². The van der Waals surface area contributed by atoms with E-state index in [4.69, 9.17) is 16.3 Å². The maximum absolute atomic E-state index is 6.06. The summed E-state index contributed by atoms with van der Waals surface area (Å²) in [5.74, 6) is 1.52. The average Bonchev–Trinajstić information content (AvgIpc) is 2.28. The highest BCUT2D eigenvalue weighted by molar-refractivity contribution is 6.32.